The predicted molar refractivity (Wildman–Crippen MR) is 73.7 cm³/mol. The Morgan fingerprint density at radius 3 is 2.83 bits per heavy atom. The van der Waals surface area contributed by atoms with Gasteiger partial charge in [-0.05, 0) is 32.4 Å². The normalized spacial score (nSPS) is 20.8. The number of nitrogens with two attached hydrogens (primary N) is 1. The Hall–Kier alpha value is -1.13. The summed E-state index contributed by atoms with van der Waals surface area (Å²) in [5, 5.41) is 0. The molecule has 2 heterocycles. The van der Waals surface area contributed by atoms with Crippen molar-refractivity contribution in [2.24, 2.45) is 5.73 Å². The van der Waals surface area contributed by atoms with E-state index in [-0.39, 0.29) is 11.6 Å². The third kappa shape index (κ3) is 2.65. The van der Waals surface area contributed by atoms with Gasteiger partial charge in [0.05, 0.1) is 36.3 Å². The van der Waals surface area contributed by atoms with Gasteiger partial charge in [-0.15, -0.1) is 0 Å². The van der Waals surface area contributed by atoms with Crippen LogP contribution in [0.2, 0.25) is 0 Å². The van der Waals surface area contributed by atoms with Crippen LogP contribution in [0.15, 0.2) is 18.3 Å². The van der Waals surface area contributed by atoms with E-state index in [1.807, 2.05) is 12.3 Å². The second-order valence-electron chi connectivity index (χ2n) is 5.47. The van der Waals surface area contributed by atoms with Gasteiger partial charge in [-0.25, -0.2) is 0 Å². The van der Waals surface area contributed by atoms with Crippen LogP contribution in [0.4, 0.5) is 5.69 Å². The molecular weight excluding hydrogens is 226 g/mol. The first-order valence-corrected chi connectivity index (χ1v) is 6.61. The zero-order valence-electron chi connectivity index (χ0n) is 11.5. The van der Waals surface area contributed by atoms with Crippen molar-refractivity contribution in [1.82, 2.24) is 4.98 Å². The Labute approximate surface area is 109 Å². The number of hydrogen-bond donors (Lipinski definition) is 1. The van der Waals surface area contributed by atoms with Gasteiger partial charge in [0.1, 0.15) is 0 Å². The molecular formula is C14H23N3O. The van der Waals surface area contributed by atoms with E-state index in [4.69, 9.17) is 10.5 Å². The molecule has 0 radical (unpaired) electrons. The number of pyridine rings is 1. The standard InChI is InChI=1S/C14H23N3O/c1-4-12(15)13-6-5-11(9-16-13)17-7-8-18-10-14(17,2)3/h5-6,9,12H,4,7-8,10,15H2,1-3H3/t12-/m0/s1. The summed E-state index contributed by atoms with van der Waals surface area (Å²) in [4.78, 5) is 6.83. The number of anilines is 1. The van der Waals surface area contributed by atoms with E-state index in [9.17, 15) is 0 Å². The molecule has 1 saturated heterocycles. The maximum atomic E-state index is 5.98. The fraction of sp³-hybridized carbons (Fsp3) is 0.643. The molecule has 2 N–H and O–H groups in total. The average Bonchev–Trinajstić information content (AvgIpc) is 2.37. The molecule has 100 valence electrons. The van der Waals surface area contributed by atoms with Crippen LogP contribution in [0.1, 0.15) is 38.9 Å². The number of aromatic nitrogens is 1. The van der Waals surface area contributed by atoms with Crippen LogP contribution >= 0.6 is 0 Å². The average molecular weight is 249 g/mol. The van der Waals surface area contributed by atoms with Crippen LogP contribution in [0.25, 0.3) is 0 Å². The second-order valence-corrected chi connectivity index (χ2v) is 5.47. The molecule has 0 saturated carbocycles. The third-order valence-electron chi connectivity index (χ3n) is 3.55. The van der Waals surface area contributed by atoms with Crippen LogP contribution in [0, 0.1) is 0 Å². The highest BCUT2D eigenvalue weighted by molar-refractivity contribution is 5.48. The molecule has 4 heteroatoms. The molecule has 0 bridgehead atoms. The molecule has 18 heavy (non-hydrogen) atoms. The summed E-state index contributed by atoms with van der Waals surface area (Å²) in [6.45, 7) is 8.90. The van der Waals surface area contributed by atoms with Crippen LogP contribution in [-0.2, 0) is 4.74 Å². The summed E-state index contributed by atoms with van der Waals surface area (Å²) in [7, 11) is 0. The summed E-state index contributed by atoms with van der Waals surface area (Å²) < 4.78 is 5.53. The fourth-order valence-corrected chi connectivity index (χ4v) is 2.32. The van der Waals surface area contributed by atoms with Crippen LogP contribution in [0.3, 0.4) is 0 Å². The topological polar surface area (TPSA) is 51.4 Å². The molecule has 2 rings (SSSR count). The van der Waals surface area contributed by atoms with Gasteiger partial charge in [-0.1, -0.05) is 6.92 Å². The van der Waals surface area contributed by atoms with Crippen LogP contribution in [-0.4, -0.2) is 30.3 Å². The minimum Gasteiger partial charge on any atom is -0.377 e. The molecule has 0 unspecified atom stereocenters. The van der Waals surface area contributed by atoms with Gasteiger partial charge < -0.3 is 15.4 Å². The van der Waals surface area contributed by atoms with Gasteiger partial charge in [-0.3, -0.25) is 4.98 Å². The molecule has 0 aliphatic carbocycles. The van der Waals surface area contributed by atoms with Gasteiger partial charge >= 0.3 is 0 Å². The SMILES string of the molecule is CC[C@H](N)c1ccc(N2CCOCC2(C)C)cn1. The minimum absolute atomic E-state index is 0.0221. The largest absolute Gasteiger partial charge is 0.377 e. The predicted octanol–water partition coefficient (Wildman–Crippen LogP) is 2.11. The van der Waals surface area contributed by atoms with E-state index in [1.54, 1.807) is 0 Å². The van der Waals surface area contributed by atoms with Crippen LogP contribution < -0.4 is 10.6 Å². The van der Waals surface area contributed by atoms with E-state index >= 15 is 0 Å². The lowest BCUT2D eigenvalue weighted by Crippen LogP contribution is -2.53. The van der Waals surface area contributed by atoms with E-state index < -0.39 is 0 Å². The zero-order chi connectivity index (χ0) is 13.2. The quantitative estimate of drug-likeness (QED) is 0.891. The summed E-state index contributed by atoms with van der Waals surface area (Å²) in [6.07, 6.45) is 2.84. The molecule has 1 fully saturated rings. The summed E-state index contributed by atoms with van der Waals surface area (Å²) in [5.74, 6) is 0. The van der Waals surface area contributed by atoms with Crippen molar-refractivity contribution in [3.8, 4) is 0 Å². The first-order chi connectivity index (χ1) is 8.54. The van der Waals surface area contributed by atoms with Gasteiger partial charge in [0.15, 0.2) is 0 Å². The fourth-order valence-electron chi connectivity index (χ4n) is 2.32. The molecule has 4 nitrogen and oxygen atoms in total. The number of ether oxygens (including phenoxy) is 1. The summed E-state index contributed by atoms with van der Waals surface area (Å²) in [5.41, 5.74) is 8.12. The highest BCUT2D eigenvalue weighted by atomic mass is 16.5. The number of morpholine rings is 1. The number of hydrogen-bond acceptors (Lipinski definition) is 4. The smallest absolute Gasteiger partial charge is 0.0694 e. The molecule has 1 atom stereocenters. The third-order valence-corrected chi connectivity index (χ3v) is 3.55. The van der Waals surface area contributed by atoms with Crippen molar-refractivity contribution in [2.45, 2.75) is 38.8 Å². The number of rotatable bonds is 3. The molecule has 1 aromatic heterocycles. The van der Waals surface area contributed by atoms with Crippen molar-refractivity contribution in [3.63, 3.8) is 0 Å². The molecule has 1 aliphatic heterocycles. The zero-order valence-corrected chi connectivity index (χ0v) is 11.5. The lowest BCUT2D eigenvalue weighted by molar-refractivity contribution is 0.0643. The van der Waals surface area contributed by atoms with Crippen LogP contribution in [0.5, 0.6) is 0 Å². The maximum absolute atomic E-state index is 5.98. The Morgan fingerprint density at radius 1 is 1.50 bits per heavy atom. The van der Waals surface area contributed by atoms with Gasteiger partial charge in [0.2, 0.25) is 0 Å². The number of nitrogens with zero attached hydrogens (tertiary/aromatic N) is 2. The van der Waals surface area contributed by atoms with Crippen molar-refractivity contribution in [3.05, 3.63) is 24.0 Å². The first-order valence-electron chi connectivity index (χ1n) is 6.61. The lowest BCUT2D eigenvalue weighted by atomic mass is 10.0. The Kier molecular flexibility index (Phi) is 3.88. The van der Waals surface area contributed by atoms with Gasteiger partial charge in [-0.2, -0.15) is 0 Å². The van der Waals surface area contributed by atoms with E-state index in [2.05, 4.69) is 36.7 Å². The van der Waals surface area contributed by atoms with Crippen molar-refractivity contribution in [1.29, 1.82) is 0 Å². The molecule has 0 spiro atoms. The van der Waals surface area contributed by atoms with E-state index in [0.29, 0.717) is 0 Å². The highest BCUT2D eigenvalue weighted by Crippen LogP contribution is 2.27. The lowest BCUT2D eigenvalue weighted by Gasteiger charge is -2.43. The molecule has 0 aromatic carbocycles. The summed E-state index contributed by atoms with van der Waals surface area (Å²) in [6, 6.07) is 4.19. The van der Waals surface area contributed by atoms with E-state index in [0.717, 1.165) is 37.6 Å². The molecule has 0 amide bonds. The summed E-state index contributed by atoms with van der Waals surface area (Å²) >= 11 is 0. The second kappa shape index (κ2) is 5.24. The Balaban J connectivity index is 2.18. The Morgan fingerprint density at radius 2 is 2.28 bits per heavy atom. The van der Waals surface area contributed by atoms with Crippen molar-refractivity contribution < 1.29 is 4.74 Å². The van der Waals surface area contributed by atoms with Crippen molar-refractivity contribution >= 4 is 5.69 Å². The maximum Gasteiger partial charge on any atom is 0.0694 e. The highest BCUT2D eigenvalue weighted by Gasteiger charge is 2.30. The van der Waals surface area contributed by atoms with Crippen molar-refractivity contribution in [2.75, 3.05) is 24.7 Å². The van der Waals surface area contributed by atoms with E-state index in [1.165, 1.54) is 0 Å². The first kappa shape index (κ1) is 13.3. The molecule has 1 aliphatic rings. The minimum atomic E-state index is 0.0221. The van der Waals surface area contributed by atoms with Gasteiger partial charge in [0, 0.05) is 12.6 Å². The van der Waals surface area contributed by atoms with Gasteiger partial charge in [0.25, 0.3) is 0 Å². The Bertz CT molecular complexity index is 389. The monoisotopic (exact) mass is 249 g/mol. The molecule has 1 aromatic rings.